The fourth-order valence-corrected chi connectivity index (χ4v) is 7.42. The van der Waals surface area contributed by atoms with Gasteiger partial charge in [-0.3, -0.25) is 0 Å². The van der Waals surface area contributed by atoms with Crippen LogP contribution in [0.15, 0.2) is 182 Å². The zero-order valence-corrected chi connectivity index (χ0v) is 30.0. The Bertz CT molecular complexity index is 3050. The molecular formula is C50H30N6. The van der Waals surface area contributed by atoms with Gasteiger partial charge in [0.15, 0.2) is 5.82 Å². The van der Waals surface area contributed by atoms with E-state index in [9.17, 15) is 5.26 Å². The van der Waals surface area contributed by atoms with Gasteiger partial charge in [-0.2, -0.15) is 5.26 Å². The number of para-hydroxylation sites is 1. The highest BCUT2D eigenvalue weighted by Gasteiger charge is 2.22. The van der Waals surface area contributed by atoms with E-state index in [-0.39, 0.29) is 0 Å². The van der Waals surface area contributed by atoms with Crippen LogP contribution in [0.3, 0.4) is 0 Å². The molecule has 0 radical (unpaired) electrons. The van der Waals surface area contributed by atoms with E-state index in [4.69, 9.17) is 24.9 Å². The molecule has 3 heterocycles. The molecule has 0 fully saturated rings. The van der Waals surface area contributed by atoms with Gasteiger partial charge in [0.2, 0.25) is 0 Å². The molecule has 56 heavy (non-hydrogen) atoms. The molecule has 0 N–H and O–H groups in total. The lowest BCUT2D eigenvalue weighted by Crippen LogP contribution is -2.00. The maximum Gasteiger partial charge on any atom is 0.160 e. The van der Waals surface area contributed by atoms with Crippen molar-refractivity contribution in [3.05, 3.63) is 188 Å². The van der Waals surface area contributed by atoms with Crippen molar-refractivity contribution in [2.75, 3.05) is 0 Å². The molecule has 0 aliphatic carbocycles. The highest BCUT2D eigenvalue weighted by Crippen LogP contribution is 2.41. The predicted octanol–water partition coefficient (Wildman–Crippen LogP) is 12.0. The third kappa shape index (κ3) is 5.81. The minimum absolute atomic E-state index is 0.521. The van der Waals surface area contributed by atoms with Crippen molar-refractivity contribution >= 4 is 32.7 Å². The van der Waals surface area contributed by atoms with Gasteiger partial charge in [-0.25, -0.2) is 24.9 Å². The molecule has 0 bridgehead atoms. The average molecular weight is 715 g/mol. The van der Waals surface area contributed by atoms with E-state index in [1.54, 1.807) is 0 Å². The largest absolute Gasteiger partial charge is 0.247 e. The minimum atomic E-state index is 0.521. The van der Waals surface area contributed by atoms with Crippen LogP contribution in [0.1, 0.15) is 5.56 Å². The monoisotopic (exact) mass is 714 g/mol. The molecule has 260 valence electrons. The van der Waals surface area contributed by atoms with Gasteiger partial charge < -0.3 is 0 Å². The lowest BCUT2D eigenvalue weighted by Gasteiger charge is -2.16. The van der Waals surface area contributed by atoms with Crippen LogP contribution in [0.2, 0.25) is 0 Å². The first-order chi connectivity index (χ1) is 27.7. The van der Waals surface area contributed by atoms with Gasteiger partial charge in [0, 0.05) is 49.5 Å². The molecule has 3 aromatic heterocycles. The Kier molecular flexibility index (Phi) is 8.09. The molecular weight excluding hydrogens is 685 g/mol. The number of hydrogen-bond acceptors (Lipinski definition) is 6. The summed E-state index contributed by atoms with van der Waals surface area (Å²) in [4.78, 5) is 26.0. The maximum atomic E-state index is 10.7. The van der Waals surface area contributed by atoms with Gasteiger partial charge in [0.05, 0.1) is 56.7 Å². The summed E-state index contributed by atoms with van der Waals surface area (Å²) in [7, 11) is 0. The summed E-state index contributed by atoms with van der Waals surface area (Å²) < 4.78 is 0. The van der Waals surface area contributed by atoms with E-state index >= 15 is 0 Å². The first-order valence-corrected chi connectivity index (χ1v) is 18.4. The summed E-state index contributed by atoms with van der Waals surface area (Å²) in [5.74, 6) is 0.659. The number of nitrogens with zero attached hydrogens (tertiary/aromatic N) is 6. The highest BCUT2D eigenvalue weighted by molar-refractivity contribution is 6.22. The number of aromatic nitrogens is 5. The van der Waals surface area contributed by atoms with Crippen LogP contribution in [-0.4, -0.2) is 24.9 Å². The molecule has 0 unspecified atom stereocenters. The van der Waals surface area contributed by atoms with Gasteiger partial charge >= 0.3 is 0 Å². The summed E-state index contributed by atoms with van der Waals surface area (Å²) in [6, 6.07) is 63.1. The van der Waals surface area contributed by atoms with Crippen molar-refractivity contribution in [1.29, 1.82) is 5.26 Å². The molecule has 0 saturated carbocycles. The van der Waals surface area contributed by atoms with Crippen LogP contribution >= 0.6 is 0 Å². The topological polar surface area (TPSA) is 88.2 Å². The van der Waals surface area contributed by atoms with Crippen molar-refractivity contribution in [3.8, 4) is 73.7 Å². The first-order valence-electron chi connectivity index (χ1n) is 18.4. The number of pyridine rings is 1. The number of fused-ring (bicyclic) bond motifs is 5. The molecule has 0 spiro atoms. The molecule has 0 amide bonds. The fourth-order valence-electron chi connectivity index (χ4n) is 7.42. The van der Waals surface area contributed by atoms with Crippen molar-refractivity contribution in [1.82, 2.24) is 24.9 Å². The lowest BCUT2D eigenvalue weighted by molar-refractivity contribution is 1.18. The standard InChI is InChI=1S/C50H30N6/c51-31-38-29-43-49(56-48(35-19-9-3-10-20-35)47(53-43)34-17-7-2-8-18-34)45-44(38)39-23-13-14-24-40(39)52-46(45)36-27-25-33(26-28-36)42-30-41(32-15-5-1-6-16-32)54-50(55-42)37-21-11-4-12-22-37/h1-30H. The van der Waals surface area contributed by atoms with Crippen LogP contribution in [-0.2, 0) is 0 Å². The molecule has 10 rings (SSSR count). The van der Waals surface area contributed by atoms with Gasteiger partial charge in [0.25, 0.3) is 0 Å². The van der Waals surface area contributed by atoms with Crippen LogP contribution in [0, 0.1) is 11.3 Å². The van der Waals surface area contributed by atoms with E-state index in [0.717, 1.165) is 83.5 Å². The Balaban J connectivity index is 1.21. The van der Waals surface area contributed by atoms with Gasteiger partial charge in [-0.15, -0.1) is 0 Å². The molecule has 0 saturated heterocycles. The smallest absolute Gasteiger partial charge is 0.160 e. The minimum Gasteiger partial charge on any atom is -0.247 e. The Labute approximate surface area is 323 Å². The molecule has 0 atom stereocenters. The lowest BCUT2D eigenvalue weighted by atomic mass is 9.94. The molecule has 6 heteroatoms. The van der Waals surface area contributed by atoms with Gasteiger partial charge in [0.1, 0.15) is 0 Å². The predicted molar refractivity (Wildman–Crippen MR) is 225 cm³/mol. The van der Waals surface area contributed by atoms with Crippen molar-refractivity contribution < 1.29 is 0 Å². The number of hydrogen-bond donors (Lipinski definition) is 0. The summed E-state index contributed by atoms with van der Waals surface area (Å²) >= 11 is 0. The third-order valence-corrected chi connectivity index (χ3v) is 10.1. The second kappa shape index (κ2) is 13.8. The Morgan fingerprint density at radius 2 is 0.821 bits per heavy atom. The molecule has 6 nitrogen and oxygen atoms in total. The van der Waals surface area contributed by atoms with Crippen molar-refractivity contribution in [3.63, 3.8) is 0 Å². The second-order valence-corrected chi connectivity index (χ2v) is 13.6. The number of benzene rings is 7. The quantitative estimate of drug-likeness (QED) is 0.159. The second-order valence-electron chi connectivity index (χ2n) is 13.6. The molecule has 10 aromatic rings. The van der Waals surface area contributed by atoms with E-state index in [2.05, 4.69) is 54.6 Å². The van der Waals surface area contributed by atoms with E-state index in [1.807, 2.05) is 133 Å². The van der Waals surface area contributed by atoms with Crippen molar-refractivity contribution in [2.45, 2.75) is 0 Å². The van der Waals surface area contributed by atoms with E-state index in [1.165, 1.54) is 0 Å². The number of nitriles is 1. The Hall–Kier alpha value is -7.88. The first kappa shape index (κ1) is 32.7. The summed E-state index contributed by atoms with van der Waals surface area (Å²) in [5.41, 5.74) is 12.2. The Morgan fingerprint density at radius 1 is 0.357 bits per heavy atom. The third-order valence-electron chi connectivity index (χ3n) is 10.1. The van der Waals surface area contributed by atoms with Crippen LogP contribution < -0.4 is 0 Å². The zero-order chi connectivity index (χ0) is 37.4. The summed E-state index contributed by atoms with van der Waals surface area (Å²) in [5, 5.41) is 13.2. The van der Waals surface area contributed by atoms with Gasteiger partial charge in [-0.05, 0) is 18.2 Å². The van der Waals surface area contributed by atoms with Crippen LogP contribution in [0.5, 0.6) is 0 Å². The molecule has 0 aliphatic heterocycles. The maximum absolute atomic E-state index is 10.7. The highest BCUT2D eigenvalue weighted by atomic mass is 14.9. The normalized spacial score (nSPS) is 11.2. The SMILES string of the molecule is N#Cc1cc2nc(-c3ccccc3)c(-c3ccccc3)nc2c2c(-c3ccc(-c4cc(-c5ccccc5)nc(-c5ccccc5)n4)cc3)nc3ccccc3c12. The summed E-state index contributed by atoms with van der Waals surface area (Å²) in [6.45, 7) is 0. The average Bonchev–Trinajstić information content (AvgIpc) is 3.29. The summed E-state index contributed by atoms with van der Waals surface area (Å²) in [6.07, 6.45) is 0. The fraction of sp³-hybridized carbons (Fsp3) is 0. The van der Waals surface area contributed by atoms with Gasteiger partial charge in [-0.1, -0.05) is 164 Å². The van der Waals surface area contributed by atoms with Crippen LogP contribution in [0.4, 0.5) is 0 Å². The molecule has 7 aromatic carbocycles. The van der Waals surface area contributed by atoms with E-state index in [0.29, 0.717) is 22.4 Å². The van der Waals surface area contributed by atoms with Crippen molar-refractivity contribution in [2.24, 2.45) is 0 Å². The zero-order valence-electron chi connectivity index (χ0n) is 30.0. The number of rotatable bonds is 6. The molecule has 0 aliphatic rings. The van der Waals surface area contributed by atoms with E-state index < -0.39 is 0 Å². The van der Waals surface area contributed by atoms with Crippen LogP contribution in [0.25, 0.3) is 100 Å². The Morgan fingerprint density at radius 3 is 1.43 bits per heavy atom.